The van der Waals surface area contributed by atoms with E-state index in [9.17, 15) is 24.6 Å². The van der Waals surface area contributed by atoms with E-state index >= 15 is 0 Å². The van der Waals surface area contributed by atoms with Crippen molar-refractivity contribution in [1.82, 2.24) is 9.88 Å². The molecule has 1 aliphatic rings. The first-order valence-electron chi connectivity index (χ1n) is 6.21. The highest BCUT2D eigenvalue weighted by molar-refractivity contribution is 8.26. The number of thiocarbonyl (C=S) groups is 1. The molecule has 1 atom stereocenters. The van der Waals surface area contributed by atoms with Gasteiger partial charge in [0.15, 0.2) is 0 Å². The van der Waals surface area contributed by atoms with Crippen molar-refractivity contribution in [3.63, 3.8) is 0 Å². The van der Waals surface area contributed by atoms with Gasteiger partial charge in [-0.15, -0.1) is 0 Å². The summed E-state index contributed by atoms with van der Waals surface area (Å²) in [6, 6.07) is 2.05. The van der Waals surface area contributed by atoms with E-state index in [0.717, 1.165) is 16.7 Å². The van der Waals surface area contributed by atoms with Gasteiger partial charge in [0.05, 0.1) is 16.9 Å². The molecule has 116 valence electrons. The van der Waals surface area contributed by atoms with Gasteiger partial charge in [0.2, 0.25) is 0 Å². The largest absolute Gasteiger partial charge is 0.550 e. The van der Waals surface area contributed by atoms with Crippen molar-refractivity contribution < 1.29 is 24.6 Å². The number of aromatic amines is 1. The van der Waals surface area contributed by atoms with E-state index in [-0.39, 0.29) is 15.6 Å². The van der Waals surface area contributed by atoms with Gasteiger partial charge in [-0.05, 0) is 31.1 Å². The van der Waals surface area contributed by atoms with Gasteiger partial charge in [-0.1, -0.05) is 24.0 Å². The molecule has 1 N–H and O–H groups in total. The number of rotatable bonds is 6. The van der Waals surface area contributed by atoms with E-state index in [1.807, 2.05) is 0 Å². The molecule has 2 heterocycles. The first-order valence-corrected chi connectivity index (χ1v) is 7.43. The maximum Gasteiger partial charge on any atom is 0.266 e. The van der Waals surface area contributed by atoms with Crippen LogP contribution in [0.4, 0.5) is 0 Å². The molecule has 0 aliphatic carbocycles. The lowest BCUT2D eigenvalue weighted by Crippen LogP contribution is -2.50. The second-order valence-electron chi connectivity index (χ2n) is 4.42. The summed E-state index contributed by atoms with van der Waals surface area (Å²) in [6.07, 6.45) is 2.39. The fraction of sp³-hybridized carbons (Fsp3) is 0.231. The average Bonchev–Trinajstić information content (AvgIpc) is 3.02. The van der Waals surface area contributed by atoms with E-state index < -0.39 is 30.3 Å². The highest BCUT2D eigenvalue weighted by Gasteiger charge is 2.37. The number of carbonyl (C=O) groups is 3. The van der Waals surface area contributed by atoms with Crippen LogP contribution >= 0.6 is 24.0 Å². The van der Waals surface area contributed by atoms with Gasteiger partial charge < -0.3 is 24.8 Å². The molecule has 0 spiro atoms. The molecule has 1 aromatic heterocycles. The minimum absolute atomic E-state index is 0.0513. The van der Waals surface area contributed by atoms with Crippen molar-refractivity contribution in [1.29, 1.82) is 0 Å². The summed E-state index contributed by atoms with van der Waals surface area (Å²) in [5.74, 6) is -3.55. The quantitative estimate of drug-likeness (QED) is 0.515. The van der Waals surface area contributed by atoms with Gasteiger partial charge in [0.1, 0.15) is 4.32 Å². The lowest BCUT2D eigenvalue weighted by Gasteiger charge is -2.27. The van der Waals surface area contributed by atoms with E-state index in [1.165, 1.54) is 0 Å². The molecule has 1 aromatic rings. The van der Waals surface area contributed by atoms with Crippen LogP contribution in [0.1, 0.15) is 18.5 Å². The summed E-state index contributed by atoms with van der Waals surface area (Å²) in [4.78, 5) is 38.0. The zero-order valence-corrected chi connectivity index (χ0v) is 12.7. The second-order valence-corrected chi connectivity index (χ2v) is 6.10. The van der Waals surface area contributed by atoms with Crippen LogP contribution in [0.5, 0.6) is 0 Å². The lowest BCUT2D eigenvalue weighted by molar-refractivity contribution is -0.311. The van der Waals surface area contributed by atoms with Gasteiger partial charge in [0.25, 0.3) is 5.91 Å². The molecule has 1 aliphatic heterocycles. The predicted molar refractivity (Wildman–Crippen MR) is 78.8 cm³/mol. The number of hydrogen-bond acceptors (Lipinski definition) is 7. The van der Waals surface area contributed by atoms with Crippen LogP contribution in [0.2, 0.25) is 0 Å². The third-order valence-electron chi connectivity index (χ3n) is 2.94. The number of aliphatic carboxylic acids is 2. The van der Waals surface area contributed by atoms with Crippen LogP contribution in [0.3, 0.4) is 0 Å². The highest BCUT2D eigenvalue weighted by atomic mass is 32.2. The molecule has 0 saturated carbocycles. The summed E-state index contributed by atoms with van der Waals surface area (Å²) in [6.45, 7) is 0. The summed E-state index contributed by atoms with van der Waals surface area (Å²) in [5.41, 5.74) is 0.667. The summed E-state index contributed by atoms with van der Waals surface area (Å²) in [7, 11) is 0. The molecule has 2 rings (SSSR count). The number of nitrogens with zero attached hydrogens (tertiary/aromatic N) is 1. The normalized spacial score (nSPS) is 18.0. The van der Waals surface area contributed by atoms with Gasteiger partial charge in [-0.3, -0.25) is 9.69 Å². The molecule has 0 aromatic carbocycles. The van der Waals surface area contributed by atoms with E-state index in [0.29, 0.717) is 5.69 Å². The van der Waals surface area contributed by atoms with Crippen molar-refractivity contribution in [2.45, 2.75) is 18.9 Å². The second kappa shape index (κ2) is 6.75. The molecular formula is C13H10N2O5S2-2. The molecule has 1 saturated heterocycles. The molecule has 0 unspecified atom stereocenters. The fourth-order valence-corrected chi connectivity index (χ4v) is 3.28. The number of carboxylic acid groups (broad SMARTS) is 2. The Morgan fingerprint density at radius 3 is 2.73 bits per heavy atom. The van der Waals surface area contributed by atoms with Gasteiger partial charge >= 0.3 is 0 Å². The summed E-state index contributed by atoms with van der Waals surface area (Å²) < 4.78 is 0.0513. The van der Waals surface area contributed by atoms with E-state index in [4.69, 9.17) is 12.2 Å². The Labute approximate surface area is 135 Å². The standard InChI is InChI=1S/C13H12N2O5S2/c16-10(17)4-3-8(12(19)20)15-11(18)9(22-13(15)21)6-7-2-1-5-14-7/h1-2,5-6,8,14H,3-4H2,(H,16,17)(H,19,20)/p-2/b9-6-/t8-/m1/s1. The highest BCUT2D eigenvalue weighted by Crippen LogP contribution is 2.34. The van der Waals surface area contributed by atoms with Crippen molar-refractivity contribution >= 4 is 52.2 Å². The van der Waals surface area contributed by atoms with E-state index in [2.05, 4.69) is 4.98 Å². The summed E-state index contributed by atoms with van der Waals surface area (Å²) >= 11 is 5.98. The number of aromatic nitrogens is 1. The molecule has 0 bridgehead atoms. The first kappa shape index (κ1) is 16.2. The van der Waals surface area contributed by atoms with Crippen LogP contribution in [0.15, 0.2) is 23.2 Å². The predicted octanol–water partition coefficient (Wildman–Crippen LogP) is -1.14. The molecule has 1 fully saturated rings. The van der Waals surface area contributed by atoms with Crippen LogP contribution < -0.4 is 10.2 Å². The Hall–Kier alpha value is -2.13. The van der Waals surface area contributed by atoms with Crippen molar-refractivity contribution in [2.75, 3.05) is 0 Å². The minimum atomic E-state index is -1.56. The monoisotopic (exact) mass is 338 g/mol. The fourth-order valence-electron chi connectivity index (χ4n) is 1.93. The minimum Gasteiger partial charge on any atom is -0.550 e. The Morgan fingerprint density at radius 2 is 2.18 bits per heavy atom. The van der Waals surface area contributed by atoms with Gasteiger partial charge in [-0.25, -0.2) is 0 Å². The molecule has 7 nitrogen and oxygen atoms in total. The Kier molecular flexibility index (Phi) is 4.99. The smallest absolute Gasteiger partial charge is 0.266 e. The molecule has 22 heavy (non-hydrogen) atoms. The van der Waals surface area contributed by atoms with Crippen LogP contribution in [-0.4, -0.2) is 38.1 Å². The Balaban J connectivity index is 2.22. The third-order valence-corrected chi connectivity index (χ3v) is 4.27. The van der Waals surface area contributed by atoms with Gasteiger partial charge in [-0.2, -0.15) is 0 Å². The van der Waals surface area contributed by atoms with Crippen LogP contribution in [-0.2, 0) is 14.4 Å². The Morgan fingerprint density at radius 1 is 1.45 bits per heavy atom. The number of nitrogens with one attached hydrogen (secondary N) is 1. The number of thioether (sulfide) groups is 1. The zero-order chi connectivity index (χ0) is 16.3. The van der Waals surface area contributed by atoms with Crippen molar-refractivity contribution in [3.05, 3.63) is 28.9 Å². The van der Waals surface area contributed by atoms with Crippen molar-refractivity contribution in [3.8, 4) is 0 Å². The maximum atomic E-state index is 12.3. The van der Waals surface area contributed by atoms with Crippen molar-refractivity contribution in [2.24, 2.45) is 0 Å². The molecule has 1 amide bonds. The lowest BCUT2D eigenvalue weighted by atomic mass is 10.1. The molecule has 9 heteroatoms. The molecular weight excluding hydrogens is 328 g/mol. The zero-order valence-electron chi connectivity index (χ0n) is 11.1. The topological polar surface area (TPSA) is 116 Å². The number of H-pyrrole nitrogens is 1. The number of amides is 1. The SMILES string of the molecule is O=C([O-])CC[C@H](C(=O)[O-])N1C(=O)/C(=C/c2ccc[nH]2)SC1=S. The Bertz CT molecular complexity index is 653. The maximum absolute atomic E-state index is 12.3. The number of carbonyl (C=O) groups excluding carboxylic acids is 3. The number of hydrogen-bond donors (Lipinski definition) is 1. The average molecular weight is 338 g/mol. The van der Waals surface area contributed by atoms with E-state index in [1.54, 1.807) is 24.4 Å². The van der Waals surface area contributed by atoms with Crippen LogP contribution in [0, 0.1) is 0 Å². The van der Waals surface area contributed by atoms with Crippen LogP contribution in [0.25, 0.3) is 6.08 Å². The third kappa shape index (κ3) is 3.55. The van der Waals surface area contributed by atoms with Gasteiger partial charge in [0, 0.05) is 17.9 Å². The number of carboxylic acids is 2. The first-order chi connectivity index (χ1) is 10.4. The molecule has 0 radical (unpaired) electrons. The summed E-state index contributed by atoms with van der Waals surface area (Å²) in [5, 5.41) is 21.7.